The van der Waals surface area contributed by atoms with Gasteiger partial charge in [-0.25, -0.2) is 4.39 Å². The highest BCUT2D eigenvalue weighted by molar-refractivity contribution is 5.96. The summed E-state index contributed by atoms with van der Waals surface area (Å²) in [7, 11) is 0. The number of fused-ring (bicyclic) bond motifs is 3. The monoisotopic (exact) mass is 632 g/mol. The van der Waals surface area contributed by atoms with E-state index in [4.69, 9.17) is 15.0 Å². The Morgan fingerprint density at radius 1 is 1.02 bits per heavy atom. The van der Waals surface area contributed by atoms with E-state index >= 15 is 0 Å². The first-order chi connectivity index (χ1) is 21.5. The van der Waals surface area contributed by atoms with Crippen LogP contribution < -0.4 is 15.4 Å². The number of halogens is 1. The Labute approximate surface area is 269 Å². The average Bonchev–Trinajstić information content (AvgIpc) is 3.52. The molecule has 4 aliphatic carbocycles. The van der Waals surface area contributed by atoms with E-state index in [0.29, 0.717) is 31.0 Å². The molecule has 0 atom stereocenters. The van der Waals surface area contributed by atoms with Gasteiger partial charge in [0.25, 0.3) is 11.8 Å². The number of primary amides is 1. The highest BCUT2D eigenvalue weighted by Gasteiger charge is 2.53. The number of hydrogen-bond donors (Lipinski definition) is 2. The predicted molar refractivity (Wildman–Crippen MR) is 172 cm³/mol. The Bertz CT molecular complexity index is 1590. The van der Waals surface area contributed by atoms with E-state index in [1.54, 1.807) is 20.8 Å². The molecule has 46 heavy (non-hydrogen) atoms. The number of nitrogens with two attached hydrogens (primary N) is 1. The van der Waals surface area contributed by atoms with Crippen LogP contribution in [-0.2, 0) is 20.7 Å². The first kappa shape index (κ1) is 32.2. The SMILES string of the molecule is CC1(O)CC(C(=O)N(CC23CCC(c4noc(C(C)(C)F)n4)(CC2)CC3)c2cccc(-c3ccc(OC(C)(C)C(N)=O)cc3)c2)C1. The molecular formula is C36H45FN4O5. The summed E-state index contributed by atoms with van der Waals surface area (Å²) in [5, 5.41) is 14.7. The second-order valence-electron chi connectivity index (χ2n) is 15.3. The van der Waals surface area contributed by atoms with Crippen LogP contribution in [0.2, 0.25) is 0 Å². The summed E-state index contributed by atoms with van der Waals surface area (Å²) in [5.41, 5.74) is 4.27. The van der Waals surface area contributed by atoms with Gasteiger partial charge in [-0.15, -0.1) is 0 Å². The van der Waals surface area contributed by atoms with Gasteiger partial charge in [-0.1, -0.05) is 29.4 Å². The zero-order chi connectivity index (χ0) is 33.1. The standard InChI is InChI=1S/C36H45FN4O5/c1-32(2,37)31-39-30(40-46-31)36-16-13-35(14-17-36,15-18-36)22-41(28(42)25-20-34(5,44)21-25)26-8-6-7-24(19-26)23-9-11-27(12-10-23)45-33(3,4)29(38)43/h6-12,19,25,44H,13-18,20-22H2,1-5H3,(H2,38,43). The van der Waals surface area contributed by atoms with Crippen LogP contribution in [0, 0.1) is 11.3 Å². The zero-order valence-corrected chi connectivity index (χ0v) is 27.4. The van der Waals surface area contributed by atoms with Gasteiger partial charge in [-0.2, -0.15) is 4.98 Å². The fourth-order valence-corrected chi connectivity index (χ4v) is 7.46. The first-order valence-electron chi connectivity index (χ1n) is 16.3. The molecule has 3 N–H and O–H groups in total. The number of nitrogens with zero attached hydrogens (tertiary/aromatic N) is 3. The van der Waals surface area contributed by atoms with Crippen LogP contribution in [0.25, 0.3) is 11.1 Å². The van der Waals surface area contributed by atoms with Crippen LogP contribution in [0.5, 0.6) is 5.75 Å². The van der Waals surface area contributed by atoms with Gasteiger partial charge in [0.2, 0.25) is 5.91 Å². The molecule has 0 radical (unpaired) electrons. The quantitative estimate of drug-likeness (QED) is 0.266. The fourth-order valence-electron chi connectivity index (χ4n) is 7.46. The van der Waals surface area contributed by atoms with Gasteiger partial charge < -0.3 is 25.0 Å². The van der Waals surface area contributed by atoms with Crippen LogP contribution in [0.1, 0.15) is 97.7 Å². The van der Waals surface area contributed by atoms with Gasteiger partial charge in [0.15, 0.2) is 17.1 Å². The van der Waals surface area contributed by atoms with Crippen molar-refractivity contribution in [2.75, 3.05) is 11.4 Å². The summed E-state index contributed by atoms with van der Waals surface area (Å²) in [6.07, 6.45) is 6.21. The third kappa shape index (κ3) is 6.16. The maximum absolute atomic E-state index is 14.5. The number of carbonyl (C=O) groups is 2. The molecule has 4 saturated carbocycles. The van der Waals surface area contributed by atoms with E-state index in [-0.39, 0.29) is 28.5 Å². The molecule has 9 nitrogen and oxygen atoms in total. The van der Waals surface area contributed by atoms with Crippen molar-refractivity contribution in [1.29, 1.82) is 0 Å². The molecule has 2 aromatic carbocycles. The molecule has 2 bridgehead atoms. The summed E-state index contributed by atoms with van der Waals surface area (Å²) in [6.45, 7) is 8.49. The van der Waals surface area contributed by atoms with Crippen LogP contribution >= 0.6 is 0 Å². The van der Waals surface area contributed by atoms with Crippen molar-refractivity contribution in [2.24, 2.45) is 17.1 Å². The van der Waals surface area contributed by atoms with E-state index in [0.717, 1.165) is 55.3 Å². The van der Waals surface area contributed by atoms with Crippen LogP contribution in [-0.4, -0.2) is 44.8 Å². The molecule has 7 rings (SSSR count). The maximum Gasteiger partial charge on any atom is 0.263 e. The molecule has 4 fully saturated rings. The third-order valence-corrected chi connectivity index (χ3v) is 10.6. The van der Waals surface area contributed by atoms with E-state index in [1.807, 2.05) is 53.4 Å². The maximum atomic E-state index is 14.5. The molecule has 10 heteroatoms. The van der Waals surface area contributed by atoms with Gasteiger partial charge in [-0.3, -0.25) is 9.59 Å². The molecule has 0 saturated heterocycles. The molecular weight excluding hydrogens is 587 g/mol. The first-order valence-corrected chi connectivity index (χ1v) is 16.3. The molecule has 2 amide bonds. The van der Waals surface area contributed by atoms with Crippen LogP contribution in [0.3, 0.4) is 0 Å². The molecule has 1 aromatic heterocycles. The molecule has 0 unspecified atom stereocenters. The molecule has 246 valence electrons. The Morgan fingerprint density at radius 2 is 1.65 bits per heavy atom. The lowest BCUT2D eigenvalue weighted by Gasteiger charge is -2.54. The summed E-state index contributed by atoms with van der Waals surface area (Å²) in [6, 6.07) is 15.5. The number of hydrogen-bond acceptors (Lipinski definition) is 7. The summed E-state index contributed by atoms with van der Waals surface area (Å²) in [5.74, 6) is 0.428. The van der Waals surface area contributed by atoms with Crippen molar-refractivity contribution in [2.45, 2.75) is 108 Å². The number of aliphatic hydroxyl groups is 1. The summed E-state index contributed by atoms with van der Waals surface area (Å²) in [4.78, 5) is 32.3. The van der Waals surface area contributed by atoms with Crippen molar-refractivity contribution in [3.8, 4) is 16.9 Å². The number of ether oxygens (including phenoxy) is 1. The molecule has 3 aromatic rings. The van der Waals surface area contributed by atoms with Crippen molar-refractivity contribution < 1.29 is 28.3 Å². The predicted octanol–water partition coefficient (Wildman–Crippen LogP) is 6.37. The Morgan fingerprint density at radius 3 is 2.20 bits per heavy atom. The van der Waals surface area contributed by atoms with E-state index < -0.39 is 22.8 Å². The Hall–Kier alpha value is -3.79. The summed E-state index contributed by atoms with van der Waals surface area (Å²) < 4.78 is 25.6. The number of anilines is 1. The van der Waals surface area contributed by atoms with E-state index in [1.165, 1.54) is 13.8 Å². The van der Waals surface area contributed by atoms with Gasteiger partial charge in [0, 0.05) is 23.6 Å². The normalized spacial score (nSPS) is 27.6. The summed E-state index contributed by atoms with van der Waals surface area (Å²) >= 11 is 0. The van der Waals surface area contributed by atoms with E-state index in [2.05, 4.69) is 10.1 Å². The Balaban J connectivity index is 1.23. The van der Waals surface area contributed by atoms with Crippen molar-refractivity contribution in [1.82, 2.24) is 10.1 Å². The van der Waals surface area contributed by atoms with Crippen LogP contribution in [0.15, 0.2) is 53.1 Å². The lowest BCUT2D eigenvalue weighted by Crippen LogP contribution is -2.54. The number of rotatable bonds is 10. The second kappa shape index (κ2) is 11.2. The van der Waals surface area contributed by atoms with Crippen molar-refractivity contribution in [3.05, 3.63) is 60.2 Å². The largest absolute Gasteiger partial charge is 0.478 e. The average molecular weight is 633 g/mol. The highest BCUT2D eigenvalue weighted by Crippen LogP contribution is 2.58. The van der Waals surface area contributed by atoms with E-state index in [9.17, 15) is 19.1 Å². The Kier molecular flexibility index (Phi) is 7.81. The lowest BCUT2D eigenvalue weighted by molar-refractivity contribution is -0.137. The minimum absolute atomic E-state index is 0.0176. The molecule has 0 spiro atoms. The molecule has 4 aliphatic rings. The fraction of sp³-hybridized carbons (Fsp3) is 0.556. The number of amides is 2. The number of benzene rings is 2. The topological polar surface area (TPSA) is 132 Å². The van der Waals surface area contributed by atoms with Crippen LogP contribution in [0.4, 0.5) is 10.1 Å². The minimum Gasteiger partial charge on any atom is -0.478 e. The smallest absolute Gasteiger partial charge is 0.263 e. The molecule has 1 heterocycles. The van der Waals surface area contributed by atoms with Gasteiger partial charge in [0.1, 0.15) is 5.75 Å². The van der Waals surface area contributed by atoms with Crippen molar-refractivity contribution in [3.63, 3.8) is 0 Å². The lowest BCUT2D eigenvalue weighted by atomic mass is 9.53. The second-order valence-corrected chi connectivity index (χ2v) is 15.3. The molecule has 0 aliphatic heterocycles. The van der Waals surface area contributed by atoms with Gasteiger partial charge in [-0.05, 0) is 127 Å². The highest BCUT2D eigenvalue weighted by atomic mass is 19.1. The van der Waals surface area contributed by atoms with Crippen molar-refractivity contribution >= 4 is 17.5 Å². The van der Waals surface area contributed by atoms with Gasteiger partial charge in [0.05, 0.1) is 5.60 Å². The minimum atomic E-state index is -1.69. The third-order valence-electron chi connectivity index (χ3n) is 10.6. The van der Waals surface area contributed by atoms with Gasteiger partial charge >= 0.3 is 0 Å². The zero-order valence-electron chi connectivity index (χ0n) is 27.4. The number of aromatic nitrogens is 2. The number of alkyl halides is 1. The number of carbonyl (C=O) groups excluding carboxylic acids is 2.